The van der Waals surface area contributed by atoms with E-state index >= 15 is 0 Å². The molecule has 2 bridgehead atoms. The van der Waals surface area contributed by atoms with Crippen LogP contribution in [0.5, 0.6) is 0 Å². The van der Waals surface area contributed by atoms with Gasteiger partial charge in [-0.3, -0.25) is 14.4 Å². The van der Waals surface area contributed by atoms with E-state index in [2.05, 4.69) is 27.5 Å². The van der Waals surface area contributed by atoms with Crippen LogP contribution in [0.15, 0.2) is 9.98 Å². The standard InChI is InChI=1S/C25H42N6O5/c1-4-5-6-7-8-9-21-35-23-16-10-17(24(23)36-21)22(25(34)29-13-20(33)31-15(3)27)18(16)11-28-12-19(32)30-14(2)26/h16-18,21-24,28H,4-13H2,1-3H3,(H,29,34)(H2,26,30,32)(H2,27,31,33). The maximum Gasteiger partial charge on any atom is 0.266 e. The van der Waals surface area contributed by atoms with Gasteiger partial charge in [-0.2, -0.15) is 9.98 Å². The van der Waals surface area contributed by atoms with Crippen LogP contribution in [0.1, 0.15) is 65.7 Å². The van der Waals surface area contributed by atoms with Crippen LogP contribution < -0.4 is 22.1 Å². The van der Waals surface area contributed by atoms with Crippen LogP contribution in [-0.2, 0) is 23.9 Å². The first-order valence-corrected chi connectivity index (χ1v) is 13.2. The third-order valence-electron chi connectivity index (χ3n) is 7.32. The van der Waals surface area contributed by atoms with Crippen molar-refractivity contribution in [3.05, 3.63) is 0 Å². The SMILES string of the molecule is CCCCCCCC1OC2C3CC(C2O1)C(C(=O)NCC(=O)N=C(C)N)C3CNCC(=O)N=C(C)N. The number of aliphatic imine (C=N–C) groups is 2. The lowest BCUT2D eigenvalue weighted by Gasteiger charge is -2.35. The number of rotatable bonds is 13. The monoisotopic (exact) mass is 506 g/mol. The fourth-order valence-electron chi connectivity index (χ4n) is 5.98. The molecule has 7 atom stereocenters. The molecule has 0 radical (unpaired) electrons. The Kier molecular flexibility index (Phi) is 10.4. The number of nitrogens with zero attached hydrogens (tertiary/aromatic N) is 2. The first-order chi connectivity index (χ1) is 17.2. The van der Waals surface area contributed by atoms with E-state index in [4.69, 9.17) is 20.9 Å². The van der Waals surface area contributed by atoms with Crippen molar-refractivity contribution in [2.75, 3.05) is 19.6 Å². The normalized spacial score (nSPS) is 31.5. The Morgan fingerprint density at radius 3 is 2.14 bits per heavy atom. The van der Waals surface area contributed by atoms with E-state index < -0.39 is 5.91 Å². The van der Waals surface area contributed by atoms with Crippen LogP contribution in [0.2, 0.25) is 0 Å². The summed E-state index contributed by atoms with van der Waals surface area (Å²) in [7, 11) is 0. The van der Waals surface area contributed by atoms with Gasteiger partial charge in [0.15, 0.2) is 6.29 Å². The molecule has 11 heteroatoms. The van der Waals surface area contributed by atoms with Gasteiger partial charge in [-0.1, -0.05) is 32.6 Å². The highest BCUT2D eigenvalue weighted by Crippen LogP contribution is 2.57. The van der Waals surface area contributed by atoms with Gasteiger partial charge >= 0.3 is 0 Å². The number of amidine groups is 2. The Bertz CT molecular complexity index is 854. The molecule has 1 aliphatic heterocycles. The predicted octanol–water partition coefficient (Wildman–Crippen LogP) is 0.852. The van der Waals surface area contributed by atoms with Crippen molar-refractivity contribution in [2.45, 2.75) is 84.2 Å². The molecule has 3 aliphatic rings. The van der Waals surface area contributed by atoms with Gasteiger partial charge in [-0.25, -0.2) is 0 Å². The largest absolute Gasteiger partial charge is 0.387 e. The summed E-state index contributed by atoms with van der Waals surface area (Å²) in [6.07, 6.45) is 7.11. The molecule has 3 amide bonds. The van der Waals surface area contributed by atoms with Gasteiger partial charge in [-0.05, 0) is 51.5 Å². The molecule has 202 valence electrons. The minimum Gasteiger partial charge on any atom is -0.387 e. The second-order valence-electron chi connectivity index (χ2n) is 10.2. The van der Waals surface area contributed by atoms with Gasteiger partial charge in [0.2, 0.25) is 5.91 Å². The fraction of sp³-hybridized carbons (Fsp3) is 0.800. The van der Waals surface area contributed by atoms with Gasteiger partial charge in [-0.15, -0.1) is 0 Å². The van der Waals surface area contributed by atoms with Gasteiger partial charge in [0.05, 0.1) is 37.0 Å². The topological polar surface area (TPSA) is 170 Å². The van der Waals surface area contributed by atoms with Crippen LogP contribution in [0, 0.1) is 23.7 Å². The highest BCUT2D eigenvalue weighted by atomic mass is 16.7. The van der Waals surface area contributed by atoms with Crippen molar-refractivity contribution in [1.82, 2.24) is 10.6 Å². The molecule has 36 heavy (non-hydrogen) atoms. The number of nitrogens with one attached hydrogen (secondary N) is 2. The van der Waals surface area contributed by atoms with Crippen LogP contribution in [0.25, 0.3) is 0 Å². The van der Waals surface area contributed by atoms with Gasteiger partial charge < -0.3 is 31.6 Å². The Hall–Kier alpha value is -2.37. The molecule has 1 heterocycles. The number of ether oxygens (including phenoxy) is 2. The van der Waals surface area contributed by atoms with E-state index in [1.165, 1.54) is 26.2 Å². The number of carbonyl (C=O) groups excluding carboxylic acids is 3. The minimum atomic E-state index is -0.497. The number of unbranched alkanes of at least 4 members (excludes halogenated alkanes) is 4. The molecule has 0 spiro atoms. The fourth-order valence-corrected chi connectivity index (χ4v) is 5.98. The zero-order valence-electron chi connectivity index (χ0n) is 21.7. The third kappa shape index (κ3) is 7.33. The smallest absolute Gasteiger partial charge is 0.266 e. The molecule has 2 saturated carbocycles. The molecule has 6 N–H and O–H groups in total. The summed E-state index contributed by atoms with van der Waals surface area (Å²) < 4.78 is 12.6. The van der Waals surface area contributed by atoms with Crippen molar-refractivity contribution in [3.8, 4) is 0 Å². The van der Waals surface area contributed by atoms with E-state index in [1.807, 2.05) is 0 Å². The maximum absolute atomic E-state index is 13.2. The van der Waals surface area contributed by atoms with E-state index in [9.17, 15) is 14.4 Å². The van der Waals surface area contributed by atoms with E-state index in [0.29, 0.717) is 6.54 Å². The van der Waals surface area contributed by atoms with Crippen molar-refractivity contribution in [3.63, 3.8) is 0 Å². The number of carbonyl (C=O) groups is 3. The molecule has 0 aromatic carbocycles. The van der Waals surface area contributed by atoms with E-state index in [-0.39, 0.29) is 78.7 Å². The number of nitrogens with two attached hydrogens (primary N) is 2. The molecule has 7 unspecified atom stereocenters. The third-order valence-corrected chi connectivity index (χ3v) is 7.32. The summed E-state index contributed by atoms with van der Waals surface area (Å²) in [6, 6.07) is 0. The highest BCUT2D eigenvalue weighted by Gasteiger charge is 2.64. The van der Waals surface area contributed by atoms with Crippen molar-refractivity contribution < 1.29 is 23.9 Å². The Morgan fingerprint density at radius 1 is 0.889 bits per heavy atom. The molecule has 3 fully saturated rings. The quantitative estimate of drug-likeness (QED) is 0.162. The van der Waals surface area contributed by atoms with Crippen molar-refractivity contribution >= 4 is 29.4 Å². The number of hydrogen-bond donors (Lipinski definition) is 4. The lowest BCUT2D eigenvalue weighted by atomic mass is 9.75. The van der Waals surface area contributed by atoms with E-state index in [1.54, 1.807) is 6.92 Å². The average molecular weight is 507 g/mol. The summed E-state index contributed by atoms with van der Waals surface area (Å²) in [5.74, 6) is -1.01. The second-order valence-corrected chi connectivity index (χ2v) is 10.2. The molecule has 1 saturated heterocycles. The Balaban J connectivity index is 1.63. The number of amides is 3. The second kappa shape index (κ2) is 13.3. The predicted molar refractivity (Wildman–Crippen MR) is 136 cm³/mol. The summed E-state index contributed by atoms with van der Waals surface area (Å²) in [5.41, 5.74) is 11.0. The molecular formula is C25H42N6O5. The first-order valence-electron chi connectivity index (χ1n) is 13.2. The average Bonchev–Trinajstić information content (AvgIpc) is 3.46. The zero-order chi connectivity index (χ0) is 26.2. The van der Waals surface area contributed by atoms with Crippen LogP contribution in [0.4, 0.5) is 0 Å². The molecular weight excluding hydrogens is 464 g/mol. The lowest BCUT2D eigenvalue weighted by Crippen LogP contribution is -2.50. The van der Waals surface area contributed by atoms with E-state index in [0.717, 1.165) is 25.7 Å². The minimum absolute atomic E-state index is 0.00764. The van der Waals surface area contributed by atoms with Crippen LogP contribution in [0.3, 0.4) is 0 Å². The number of hydrogen-bond acceptors (Lipinski definition) is 6. The molecule has 3 rings (SSSR count). The summed E-state index contributed by atoms with van der Waals surface area (Å²) >= 11 is 0. The first kappa shape index (κ1) is 28.2. The molecule has 0 aromatic heterocycles. The molecule has 0 aromatic rings. The highest BCUT2D eigenvalue weighted by molar-refractivity contribution is 5.95. The maximum atomic E-state index is 13.2. The van der Waals surface area contributed by atoms with Crippen molar-refractivity contribution in [2.24, 2.45) is 45.1 Å². The van der Waals surface area contributed by atoms with Crippen LogP contribution >= 0.6 is 0 Å². The van der Waals surface area contributed by atoms with Gasteiger partial charge in [0.1, 0.15) is 0 Å². The van der Waals surface area contributed by atoms with Gasteiger partial charge in [0.25, 0.3) is 11.8 Å². The lowest BCUT2D eigenvalue weighted by molar-refractivity contribution is -0.133. The van der Waals surface area contributed by atoms with Crippen LogP contribution in [-0.4, -0.2) is 67.5 Å². The Morgan fingerprint density at radius 2 is 1.50 bits per heavy atom. The summed E-state index contributed by atoms with van der Waals surface area (Å²) in [4.78, 5) is 44.5. The molecule has 11 nitrogen and oxygen atoms in total. The number of fused-ring (bicyclic) bond motifs is 5. The molecule has 2 aliphatic carbocycles. The Labute approximate surface area is 213 Å². The van der Waals surface area contributed by atoms with Gasteiger partial charge in [0, 0.05) is 11.8 Å². The zero-order valence-corrected chi connectivity index (χ0v) is 21.7. The summed E-state index contributed by atoms with van der Waals surface area (Å²) in [5, 5.41) is 5.88. The van der Waals surface area contributed by atoms with Crippen molar-refractivity contribution in [1.29, 1.82) is 0 Å². The summed E-state index contributed by atoms with van der Waals surface area (Å²) in [6.45, 7) is 5.55.